The summed E-state index contributed by atoms with van der Waals surface area (Å²) in [5.41, 5.74) is 0.826. The van der Waals surface area contributed by atoms with Gasteiger partial charge in [-0.3, -0.25) is 0 Å². The Labute approximate surface area is 90.5 Å². The lowest BCUT2D eigenvalue weighted by Gasteiger charge is -2.32. The SMILES string of the molecule is OC1CC(S)(Br)Oc2ccccc21. The molecule has 0 saturated heterocycles. The standard InChI is InChI=1S/C9H9BrO2S/c10-9(13)5-7(11)6-3-1-2-4-8(6)12-9/h1-4,7,11,13H,5H2. The van der Waals surface area contributed by atoms with Gasteiger partial charge >= 0.3 is 0 Å². The second-order valence-corrected chi connectivity index (χ2v) is 5.67. The van der Waals surface area contributed by atoms with E-state index < -0.39 is 9.95 Å². The molecule has 1 aliphatic rings. The molecule has 0 spiro atoms. The third kappa shape index (κ3) is 1.85. The normalized spacial score (nSPS) is 32.1. The van der Waals surface area contributed by atoms with Crippen molar-refractivity contribution < 1.29 is 9.84 Å². The van der Waals surface area contributed by atoms with Crippen LogP contribution in [0.3, 0.4) is 0 Å². The van der Waals surface area contributed by atoms with Crippen LogP contribution in [-0.4, -0.2) is 8.95 Å². The second kappa shape index (κ2) is 3.19. The molecule has 1 N–H and O–H groups in total. The molecule has 0 fully saturated rings. The van der Waals surface area contributed by atoms with Gasteiger partial charge in [-0.25, -0.2) is 0 Å². The zero-order chi connectivity index (χ0) is 9.47. The van der Waals surface area contributed by atoms with Gasteiger partial charge in [0.05, 0.1) is 6.10 Å². The molecule has 2 rings (SSSR count). The monoisotopic (exact) mass is 260 g/mol. The van der Waals surface area contributed by atoms with Crippen LogP contribution in [0, 0.1) is 0 Å². The lowest BCUT2D eigenvalue weighted by molar-refractivity contribution is 0.0932. The fourth-order valence-electron chi connectivity index (χ4n) is 1.41. The number of halogens is 1. The summed E-state index contributed by atoms with van der Waals surface area (Å²) in [5, 5.41) is 9.74. The topological polar surface area (TPSA) is 29.5 Å². The Balaban J connectivity index is 2.43. The molecule has 0 aliphatic carbocycles. The average Bonchev–Trinajstić information content (AvgIpc) is 2.02. The molecule has 70 valence electrons. The van der Waals surface area contributed by atoms with Gasteiger partial charge in [-0.1, -0.05) is 18.2 Å². The molecule has 1 heterocycles. The van der Waals surface area contributed by atoms with Crippen molar-refractivity contribution in [1.82, 2.24) is 0 Å². The second-order valence-electron chi connectivity index (χ2n) is 3.05. The average molecular weight is 261 g/mol. The molecule has 2 nitrogen and oxygen atoms in total. The van der Waals surface area contributed by atoms with Crippen molar-refractivity contribution in [2.24, 2.45) is 0 Å². The fraction of sp³-hybridized carbons (Fsp3) is 0.333. The number of hydrogen-bond donors (Lipinski definition) is 2. The van der Waals surface area contributed by atoms with Crippen LogP contribution in [0.5, 0.6) is 5.75 Å². The fourth-order valence-corrected chi connectivity index (χ4v) is 2.16. The van der Waals surface area contributed by atoms with Gasteiger partial charge < -0.3 is 9.84 Å². The summed E-state index contributed by atoms with van der Waals surface area (Å²) in [6.45, 7) is 0. The van der Waals surface area contributed by atoms with Gasteiger partial charge in [0.2, 0.25) is 3.84 Å². The van der Waals surface area contributed by atoms with Crippen molar-refractivity contribution in [2.75, 3.05) is 0 Å². The van der Waals surface area contributed by atoms with E-state index in [0.717, 1.165) is 5.56 Å². The lowest BCUT2D eigenvalue weighted by atomic mass is 10.0. The molecule has 0 bridgehead atoms. The molecule has 2 atom stereocenters. The van der Waals surface area contributed by atoms with Gasteiger partial charge in [0.25, 0.3) is 0 Å². The number of alkyl halides is 1. The highest BCUT2D eigenvalue weighted by molar-refractivity contribution is 9.11. The molecule has 0 amide bonds. The maximum absolute atomic E-state index is 9.74. The predicted octanol–water partition coefficient (Wildman–Crippen LogP) is 2.48. The quantitative estimate of drug-likeness (QED) is 0.555. The maximum Gasteiger partial charge on any atom is 0.209 e. The number of rotatable bonds is 0. The Morgan fingerprint density at radius 2 is 2.23 bits per heavy atom. The first-order valence-corrected chi connectivity index (χ1v) is 5.20. The molecule has 0 saturated carbocycles. The molecule has 1 aromatic rings. The number of para-hydroxylation sites is 1. The van der Waals surface area contributed by atoms with Crippen molar-refractivity contribution in [3.8, 4) is 5.75 Å². The van der Waals surface area contributed by atoms with Crippen molar-refractivity contribution in [2.45, 2.75) is 16.4 Å². The minimum absolute atomic E-state index is 0.438. The number of aliphatic hydroxyl groups excluding tert-OH is 1. The largest absolute Gasteiger partial charge is 0.466 e. The van der Waals surface area contributed by atoms with Crippen LogP contribution >= 0.6 is 28.6 Å². The minimum atomic E-state index is -0.749. The molecule has 1 aromatic carbocycles. The zero-order valence-electron chi connectivity index (χ0n) is 6.77. The Morgan fingerprint density at radius 3 is 3.00 bits per heavy atom. The van der Waals surface area contributed by atoms with Gasteiger partial charge in [-0.05, 0) is 22.0 Å². The van der Waals surface area contributed by atoms with Crippen LogP contribution in [0.1, 0.15) is 18.1 Å². The highest BCUT2D eigenvalue weighted by Crippen LogP contribution is 2.44. The van der Waals surface area contributed by atoms with Crippen LogP contribution in [0.2, 0.25) is 0 Å². The van der Waals surface area contributed by atoms with E-state index in [9.17, 15) is 5.11 Å². The van der Waals surface area contributed by atoms with Crippen molar-refractivity contribution in [1.29, 1.82) is 0 Å². The Morgan fingerprint density at radius 1 is 1.54 bits per heavy atom. The summed E-state index contributed by atoms with van der Waals surface area (Å²) < 4.78 is 4.76. The zero-order valence-corrected chi connectivity index (χ0v) is 9.25. The summed E-state index contributed by atoms with van der Waals surface area (Å²) in [6.07, 6.45) is -0.0746. The van der Waals surface area contributed by atoms with E-state index >= 15 is 0 Å². The van der Waals surface area contributed by atoms with Gasteiger partial charge in [0.15, 0.2) is 0 Å². The summed E-state index contributed by atoms with van der Waals surface area (Å²) in [7, 11) is 0. The summed E-state index contributed by atoms with van der Waals surface area (Å²) >= 11 is 7.52. The molecule has 0 aromatic heterocycles. The minimum Gasteiger partial charge on any atom is -0.466 e. The Hall–Kier alpha value is -0.190. The number of benzene rings is 1. The van der Waals surface area contributed by atoms with E-state index in [1.54, 1.807) is 0 Å². The number of ether oxygens (including phenoxy) is 1. The first kappa shape index (κ1) is 9.37. The molecule has 1 aliphatic heterocycles. The first-order chi connectivity index (χ1) is 6.08. The van der Waals surface area contributed by atoms with Crippen LogP contribution < -0.4 is 4.74 Å². The van der Waals surface area contributed by atoms with Crippen molar-refractivity contribution in [3.05, 3.63) is 29.8 Å². The maximum atomic E-state index is 9.74. The van der Waals surface area contributed by atoms with E-state index in [1.165, 1.54) is 0 Å². The van der Waals surface area contributed by atoms with Crippen LogP contribution in [-0.2, 0) is 0 Å². The van der Waals surface area contributed by atoms with Crippen molar-refractivity contribution in [3.63, 3.8) is 0 Å². The van der Waals surface area contributed by atoms with E-state index in [4.69, 9.17) is 4.74 Å². The van der Waals surface area contributed by atoms with Gasteiger partial charge in [-0.2, -0.15) is 0 Å². The number of hydrogen-bond acceptors (Lipinski definition) is 3. The van der Waals surface area contributed by atoms with E-state index in [1.807, 2.05) is 24.3 Å². The van der Waals surface area contributed by atoms with Crippen molar-refractivity contribution >= 4 is 28.6 Å². The molecule has 4 heteroatoms. The van der Waals surface area contributed by atoms with E-state index in [-0.39, 0.29) is 0 Å². The predicted molar refractivity (Wildman–Crippen MR) is 57.3 cm³/mol. The van der Waals surface area contributed by atoms with Gasteiger partial charge in [-0.15, -0.1) is 12.6 Å². The smallest absolute Gasteiger partial charge is 0.209 e. The first-order valence-electron chi connectivity index (χ1n) is 3.96. The van der Waals surface area contributed by atoms with E-state index in [0.29, 0.717) is 12.2 Å². The molecule has 13 heavy (non-hydrogen) atoms. The van der Waals surface area contributed by atoms with Gasteiger partial charge in [0.1, 0.15) is 5.75 Å². The number of aliphatic hydroxyl groups is 1. The molecule has 2 unspecified atom stereocenters. The molecular weight excluding hydrogens is 252 g/mol. The summed E-state index contributed by atoms with van der Waals surface area (Å²) in [6, 6.07) is 7.43. The van der Waals surface area contributed by atoms with Crippen LogP contribution in [0.15, 0.2) is 24.3 Å². The summed E-state index contributed by atoms with van der Waals surface area (Å²) in [4.78, 5) is 0. The van der Waals surface area contributed by atoms with Crippen LogP contribution in [0.4, 0.5) is 0 Å². The highest BCUT2D eigenvalue weighted by atomic mass is 79.9. The summed E-state index contributed by atoms with van der Waals surface area (Å²) in [5.74, 6) is 0.688. The Bertz CT molecular complexity index is 327. The van der Waals surface area contributed by atoms with Gasteiger partial charge in [0, 0.05) is 12.0 Å². The Kier molecular flexibility index (Phi) is 2.30. The molecule has 0 radical (unpaired) electrons. The third-order valence-electron chi connectivity index (χ3n) is 1.99. The van der Waals surface area contributed by atoms with E-state index in [2.05, 4.69) is 28.6 Å². The highest BCUT2D eigenvalue weighted by Gasteiger charge is 2.34. The number of fused-ring (bicyclic) bond motifs is 1. The third-order valence-corrected chi connectivity index (χ3v) is 2.75. The number of thiol groups is 1. The molecular formula is C9H9BrO2S. The van der Waals surface area contributed by atoms with Crippen LogP contribution in [0.25, 0.3) is 0 Å². The lowest BCUT2D eigenvalue weighted by Crippen LogP contribution is -2.29.